The van der Waals surface area contributed by atoms with Crippen molar-refractivity contribution in [1.82, 2.24) is 4.37 Å². The number of aromatic nitrogens is 1. The Balaban J connectivity index is 2.52. The van der Waals surface area contributed by atoms with Crippen LogP contribution in [-0.2, 0) is 0 Å². The molecule has 0 aliphatic carbocycles. The van der Waals surface area contributed by atoms with Crippen molar-refractivity contribution in [1.29, 1.82) is 0 Å². The molecule has 1 heterocycles. The van der Waals surface area contributed by atoms with E-state index < -0.39 is 0 Å². The second kappa shape index (κ2) is 3.82. The lowest BCUT2D eigenvalue weighted by Gasteiger charge is -2.03. The summed E-state index contributed by atoms with van der Waals surface area (Å²) in [6, 6.07) is 7.59. The molecule has 4 heteroatoms. The van der Waals surface area contributed by atoms with Crippen LogP contribution in [0.25, 0.3) is 10.4 Å². The minimum absolute atomic E-state index is 0.390. The highest BCUT2D eigenvalue weighted by atomic mass is 32.1. The molecule has 0 spiro atoms. The number of hydrogen-bond acceptors (Lipinski definition) is 3. The third-order valence-electron chi connectivity index (χ3n) is 2.23. The monoisotopic (exact) mass is 218 g/mol. The molecule has 0 saturated carbocycles. The molecule has 3 nitrogen and oxygen atoms in total. The molecule has 2 aromatic rings. The fourth-order valence-electron chi connectivity index (χ4n) is 1.41. The standard InChI is InChI=1S/C11H10N2OS/c1-7-2-3-8(6-9(7)11(12)14)10-4-5-13-15-10/h2-6H,1H3,(H2,12,14). The van der Waals surface area contributed by atoms with Gasteiger partial charge in [0.15, 0.2) is 0 Å². The number of nitrogens with two attached hydrogens (primary N) is 1. The number of amides is 1. The van der Waals surface area contributed by atoms with Gasteiger partial charge in [0.25, 0.3) is 0 Å². The first-order valence-corrected chi connectivity index (χ1v) is 5.27. The van der Waals surface area contributed by atoms with E-state index in [0.29, 0.717) is 5.56 Å². The van der Waals surface area contributed by atoms with Crippen molar-refractivity contribution >= 4 is 17.4 Å². The lowest BCUT2D eigenvalue weighted by atomic mass is 10.0. The van der Waals surface area contributed by atoms with E-state index in [-0.39, 0.29) is 5.91 Å². The molecule has 0 radical (unpaired) electrons. The van der Waals surface area contributed by atoms with E-state index in [9.17, 15) is 4.79 Å². The molecular weight excluding hydrogens is 208 g/mol. The Morgan fingerprint density at radius 3 is 2.80 bits per heavy atom. The van der Waals surface area contributed by atoms with Crippen molar-refractivity contribution in [3.05, 3.63) is 41.6 Å². The zero-order chi connectivity index (χ0) is 10.8. The van der Waals surface area contributed by atoms with Gasteiger partial charge in [-0.1, -0.05) is 12.1 Å². The van der Waals surface area contributed by atoms with Gasteiger partial charge < -0.3 is 5.73 Å². The van der Waals surface area contributed by atoms with Crippen molar-refractivity contribution in [2.75, 3.05) is 0 Å². The molecule has 0 aliphatic heterocycles. The van der Waals surface area contributed by atoms with Crippen LogP contribution in [0.4, 0.5) is 0 Å². The third kappa shape index (κ3) is 1.89. The van der Waals surface area contributed by atoms with Crippen LogP contribution < -0.4 is 5.73 Å². The molecular formula is C11H10N2OS. The van der Waals surface area contributed by atoms with E-state index >= 15 is 0 Å². The highest BCUT2D eigenvalue weighted by Crippen LogP contribution is 2.24. The topological polar surface area (TPSA) is 56.0 Å². The maximum atomic E-state index is 11.2. The summed E-state index contributed by atoms with van der Waals surface area (Å²) >= 11 is 1.40. The number of carbonyl (C=O) groups is 1. The summed E-state index contributed by atoms with van der Waals surface area (Å²) in [5.74, 6) is -0.390. The molecule has 0 atom stereocenters. The van der Waals surface area contributed by atoms with Crippen molar-refractivity contribution in [2.24, 2.45) is 5.73 Å². The number of nitrogens with zero attached hydrogens (tertiary/aromatic N) is 1. The van der Waals surface area contributed by atoms with Gasteiger partial charge in [0, 0.05) is 11.8 Å². The van der Waals surface area contributed by atoms with Crippen LogP contribution in [0.1, 0.15) is 15.9 Å². The van der Waals surface area contributed by atoms with E-state index in [2.05, 4.69) is 4.37 Å². The molecule has 0 fully saturated rings. The van der Waals surface area contributed by atoms with E-state index in [0.717, 1.165) is 16.0 Å². The number of hydrogen-bond donors (Lipinski definition) is 1. The number of aryl methyl sites for hydroxylation is 1. The van der Waals surface area contributed by atoms with Crippen molar-refractivity contribution in [3.8, 4) is 10.4 Å². The van der Waals surface area contributed by atoms with Crippen molar-refractivity contribution in [2.45, 2.75) is 6.92 Å². The minimum atomic E-state index is -0.390. The Kier molecular flexibility index (Phi) is 2.51. The van der Waals surface area contributed by atoms with Gasteiger partial charge in [-0.2, -0.15) is 0 Å². The van der Waals surface area contributed by atoms with Crippen LogP contribution >= 0.6 is 11.5 Å². The summed E-state index contributed by atoms with van der Waals surface area (Å²) in [4.78, 5) is 12.2. The Morgan fingerprint density at radius 1 is 1.40 bits per heavy atom. The summed E-state index contributed by atoms with van der Waals surface area (Å²) in [7, 11) is 0. The Hall–Kier alpha value is -1.68. The van der Waals surface area contributed by atoms with E-state index in [1.807, 2.05) is 31.2 Å². The first-order chi connectivity index (χ1) is 7.18. The molecule has 0 bridgehead atoms. The second-order valence-corrected chi connectivity index (χ2v) is 4.10. The highest BCUT2D eigenvalue weighted by Gasteiger charge is 2.07. The average molecular weight is 218 g/mol. The van der Waals surface area contributed by atoms with Crippen LogP contribution in [0, 0.1) is 6.92 Å². The zero-order valence-electron chi connectivity index (χ0n) is 8.23. The molecule has 76 valence electrons. The summed E-state index contributed by atoms with van der Waals surface area (Å²) in [6.45, 7) is 1.87. The molecule has 0 unspecified atom stereocenters. The highest BCUT2D eigenvalue weighted by molar-refractivity contribution is 7.09. The van der Waals surface area contributed by atoms with Crippen LogP contribution in [-0.4, -0.2) is 10.3 Å². The predicted octanol–water partition coefficient (Wildman–Crippen LogP) is 2.22. The summed E-state index contributed by atoms with van der Waals surface area (Å²) in [6.07, 6.45) is 1.74. The van der Waals surface area contributed by atoms with Gasteiger partial charge in [-0.15, -0.1) is 0 Å². The zero-order valence-corrected chi connectivity index (χ0v) is 9.04. The van der Waals surface area contributed by atoms with Crippen LogP contribution in [0.15, 0.2) is 30.5 Å². The predicted molar refractivity (Wildman–Crippen MR) is 60.8 cm³/mol. The number of carbonyl (C=O) groups excluding carboxylic acids is 1. The van der Waals surface area contributed by atoms with Gasteiger partial charge in [-0.25, -0.2) is 4.37 Å². The molecule has 2 rings (SSSR count). The van der Waals surface area contributed by atoms with Crippen LogP contribution in [0.2, 0.25) is 0 Å². The summed E-state index contributed by atoms with van der Waals surface area (Å²) < 4.78 is 4.02. The normalized spacial score (nSPS) is 10.2. The van der Waals surface area contributed by atoms with Gasteiger partial charge in [-0.05, 0) is 41.7 Å². The first kappa shape index (κ1) is 9.86. The SMILES string of the molecule is Cc1ccc(-c2ccns2)cc1C(N)=O. The van der Waals surface area contributed by atoms with Gasteiger partial charge in [0.05, 0.1) is 4.88 Å². The molecule has 0 saturated heterocycles. The molecule has 2 N–H and O–H groups in total. The summed E-state index contributed by atoms with van der Waals surface area (Å²) in [5, 5.41) is 0. The maximum absolute atomic E-state index is 11.2. The first-order valence-electron chi connectivity index (χ1n) is 4.50. The second-order valence-electron chi connectivity index (χ2n) is 3.27. The smallest absolute Gasteiger partial charge is 0.248 e. The van der Waals surface area contributed by atoms with Gasteiger partial charge >= 0.3 is 0 Å². The third-order valence-corrected chi connectivity index (χ3v) is 3.02. The Labute approximate surface area is 91.7 Å². The number of rotatable bonds is 2. The van der Waals surface area contributed by atoms with Gasteiger partial charge in [0.1, 0.15) is 0 Å². The molecule has 1 amide bonds. The van der Waals surface area contributed by atoms with Gasteiger partial charge in [0.2, 0.25) is 5.91 Å². The number of primary amides is 1. The molecule has 1 aromatic carbocycles. The fraction of sp³-hybridized carbons (Fsp3) is 0.0909. The van der Waals surface area contributed by atoms with Crippen LogP contribution in [0.3, 0.4) is 0 Å². The minimum Gasteiger partial charge on any atom is -0.366 e. The van der Waals surface area contributed by atoms with E-state index in [1.165, 1.54) is 11.5 Å². The Bertz CT molecular complexity index is 491. The van der Waals surface area contributed by atoms with Crippen LogP contribution in [0.5, 0.6) is 0 Å². The largest absolute Gasteiger partial charge is 0.366 e. The molecule has 15 heavy (non-hydrogen) atoms. The lowest BCUT2D eigenvalue weighted by molar-refractivity contribution is 0.1000. The van der Waals surface area contributed by atoms with Crippen molar-refractivity contribution < 1.29 is 4.79 Å². The fourth-order valence-corrected chi connectivity index (χ4v) is 1.99. The Morgan fingerprint density at radius 2 is 2.20 bits per heavy atom. The van der Waals surface area contributed by atoms with Crippen molar-refractivity contribution in [3.63, 3.8) is 0 Å². The van der Waals surface area contributed by atoms with Gasteiger partial charge in [-0.3, -0.25) is 4.79 Å². The van der Waals surface area contributed by atoms with E-state index in [4.69, 9.17) is 5.73 Å². The number of benzene rings is 1. The molecule has 1 aromatic heterocycles. The quantitative estimate of drug-likeness (QED) is 0.840. The van der Waals surface area contributed by atoms with E-state index in [1.54, 1.807) is 6.20 Å². The maximum Gasteiger partial charge on any atom is 0.248 e. The lowest BCUT2D eigenvalue weighted by Crippen LogP contribution is -2.12. The molecule has 0 aliphatic rings. The summed E-state index contributed by atoms with van der Waals surface area (Å²) in [5.41, 5.74) is 7.74. The average Bonchev–Trinajstić information content (AvgIpc) is 2.71.